The van der Waals surface area contributed by atoms with Gasteiger partial charge in [0.25, 0.3) is 5.91 Å². The molecule has 1 aromatic heterocycles. The number of para-hydroxylation sites is 1. The standard InChI is InChI=1S/C26H18N2O3/c29-25-22(14-18-12-13-27-23-9-5-4-8-20(18)23)21-15-19(10-11-24(21)28-25)26(30)31-16-17-6-2-1-3-7-17/h1-15H,16H2,(H,28,29). The number of carbonyl (C=O) groups excluding carboxylic acids is 2. The van der Waals surface area contributed by atoms with Crippen molar-refractivity contribution in [2.45, 2.75) is 6.61 Å². The first-order chi connectivity index (χ1) is 15.2. The summed E-state index contributed by atoms with van der Waals surface area (Å²) in [5.41, 5.74) is 4.92. The second-order valence-electron chi connectivity index (χ2n) is 7.25. The first-order valence-electron chi connectivity index (χ1n) is 9.91. The van der Waals surface area contributed by atoms with Gasteiger partial charge in [-0.3, -0.25) is 9.78 Å². The van der Waals surface area contributed by atoms with E-state index >= 15 is 0 Å². The van der Waals surface area contributed by atoms with Gasteiger partial charge in [0.2, 0.25) is 0 Å². The zero-order chi connectivity index (χ0) is 21.2. The van der Waals surface area contributed by atoms with Crippen LogP contribution in [0.2, 0.25) is 0 Å². The maximum Gasteiger partial charge on any atom is 0.338 e. The Bertz CT molecular complexity index is 1340. The molecule has 5 nitrogen and oxygen atoms in total. The van der Waals surface area contributed by atoms with Gasteiger partial charge in [0.15, 0.2) is 0 Å². The fraction of sp³-hybridized carbons (Fsp3) is 0.0385. The van der Waals surface area contributed by atoms with Crippen molar-refractivity contribution in [1.82, 2.24) is 4.98 Å². The van der Waals surface area contributed by atoms with Crippen molar-refractivity contribution in [2.75, 3.05) is 5.32 Å². The summed E-state index contributed by atoms with van der Waals surface area (Å²) in [6.07, 6.45) is 3.56. The van der Waals surface area contributed by atoms with Gasteiger partial charge in [0.1, 0.15) is 6.61 Å². The van der Waals surface area contributed by atoms with E-state index in [4.69, 9.17) is 4.74 Å². The predicted molar refractivity (Wildman–Crippen MR) is 120 cm³/mol. The van der Waals surface area contributed by atoms with Gasteiger partial charge < -0.3 is 10.1 Å². The van der Waals surface area contributed by atoms with Crippen LogP contribution in [0, 0.1) is 0 Å². The molecular formula is C26H18N2O3. The van der Waals surface area contributed by atoms with Crippen molar-refractivity contribution in [3.05, 3.63) is 107 Å². The topological polar surface area (TPSA) is 68.3 Å². The second-order valence-corrected chi connectivity index (χ2v) is 7.25. The number of hydrogen-bond donors (Lipinski definition) is 1. The van der Waals surface area contributed by atoms with E-state index in [1.165, 1.54) is 0 Å². The SMILES string of the molecule is O=C1Nc2ccc(C(=O)OCc3ccccc3)cc2C1=Cc1ccnc2ccccc12. The lowest BCUT2D eigenvalue weighted by atomic mass is 10.00. The number of pyridine rings is 1. The molecule has 0 radical (unpaired) electrons. The number of amides is 1. The Morgan fingerprint density at radius 3 is 2.65 bits per heavy atom. The molecule has 1 N–H and O–H groups in total. The van der Waals surface area contributed by atoms with Gasteiger partial charge in [-0.05, 0) is 47.5 Å². The molecular weight excluding hydrogens is 388 g/mol. The van der Waals surface area contributed by atoms with Gasteiger partial charge in [-0.2, -0.15) is 0 Å². The van der Waals surface area contributed by atoms with E-state index in [2.05, 4.69) is 10.3 Å². The summed E-state index contributed by atoms with van der Waals surface area (Å²) in [5.74, 6) is -0.634. The molecule has 2 heterocycles. The lowest BCUT2D eigenvalue weighted by molar-refractivity contribution is -0.110. The number of hydrogen-bond acceptors (Lipinski definition) is 4. The van der Waals surface area contributed by atoms with E-state index < -0.39 is 5.97 Å². The van der Waals surface area contributed by atoms with Crippen LogP contribution in [0.4, 0.5) is 5.69 Å². The highest BCUT2D eigenvalue weighted by atomic mass is 16.5. The normalized spacial score (nSPS) is 13.8. The molecule has 1 amide bonds. The Kier molecular flexibility index (Phi) is 4.77. The second kappa shape index (κ2) is 7.88. The van der Waals surface area contributed by atoms with Crippen molar-refractivity contribution in [3.63, 3.8) is 0 Å². The molecule has 0 aliphatic carbocycles. The first-order valence-corrected chi connectivity index (χ1v) is 9.91. The van der Waals surface area contributed by atoms with Crippen LogP contribution in [0.5, 0.6) is 0 Å². The number of benzene rings is 3. The minimum atomic E-state index is -0.431. The highest BCUT2D eigenvalue weighted by Crippen LogP contribution is 2.35. The Labute approximate surface area is 179 Å². The van der Waals surface area contributed by atoms with Crippen LogP contribution < -0.4 is 5.32 Å². The smallest absolute Gasteiger partial charge is 0.338 e. The quantitative estimate of drug-likeness (QED) is 0.379. The Morgan fingerprint density at radius 1 is 0.968 bits per heavy atom. The van der Waals surface area contributed by atoms with E-state index in [0.717, 1.165) is 22.0 Å². The average molecular weight is 406 g/mol. The average Bonchev–Trinajstić information content (AvgIpc) is 3.12. The summed E-state index contributed by atoms with van der Waals surface area (Å²) in [4.78, 5) is 29.6. The van der Waals surface area contributed by atoms with Crippen LogP contribution in [0.3, 0.4) is 0 Å². The Balaban J connectivity index is 1.47. The lowest BCUT2D eigenvalue weighted by Gasteiger charge is -2.07. The first kappa shape index (κ1) is 18.8. The molecule has 3 aromatic carbocycles. The summed E-state index contributed by atoms with van der Waals surface area (Å²) < 4.78 is 5.44. The van der Waals surface area contributed by atoms with E-state index in [-0.39, 0.29) is 12.5 Å². The van der Waals surface area contributed by atoms with E-state index in [0.29, 0.717) is 22.4 Å². The van der Waals surface area contributed by atoms with E-state index in [9.17, 15) is 9.59 Å². The minimum Gasteiger partial charge on any atom is -0.457 e. The molecule has 31 heavy (non-hydrogen) atoms. The maximum absolute atomic E-state index is 12.7. The van der Waals surface area contributed by atoms with Crippen LogP contribution in [0.1, 0.15) is 27.0 Å². The molecule has 5 rings (SSSR count). The molecule has 0 saturated heterocycles. The number of aromatic nitrogens is 1. The molecule has 0 fully saturated rings. The predicted octanol–water partition coefficient (Wildman–Crippen LogP) is 5.08. The van der Waals surface area contributed by atoms with Crippen LogP contribution >= 0.6 is 0 Å². The summed E-state index contributed by atoms with van der Waals surface area (Å²) in [5, 5.41) is 3.82. The van der Waals surface area contributed by atoms with Gasteiger partial charge in [0.05, 0.1) is 11.1 Å². The molecule has 150 valence electrons. The number of rotatable bonds is 4. The summed E-state index contributed by atoms with van der Waals surface area (Å²) in [6.45, 7) is 0.194. The van der Waals surface area contributed by atoms with Crippen LogP contribution in [0.15, 0.2) is 85.1 Å². The van der Waals surface area contributed by atoms with Crippen LogP contribution in [-0.4, -0.2) is 16.9 Å². The van der Waals surface area contributed by atoms with Gasteiger partial charge in [0, 0.05) is 28.4 Å². The number of carbonyl (C=O) groups is 2. The summed E-state index contributed by atoms with van der Waals surface area (Å²) in [7, 11) is 0. The fourth-order valence-electron chi connectivity index (χ4n) is 3.66. The molecule has 0 saturated carbocycles. The molecule has 0 unspecified atom stereocenters. The van der Waals surface area contributed by atoms with E-state index in [1.54, 1.807) is 24.4 Å². The third-order valence-corrected chi connectivity index (χ3v) is 5.23. The molecule has 5 heteroatoms. The number of nitrogens with zero attached hydrogens (tertiary/aromatic N) is 1. The monoisotopic (exact) mass is 406 g/mol. The molecule has 1 aliphatic heterocycles. The molecule has 0 atom stereocenters. The fourth-order valence-corrected chi connectivity index (χ4v) is 3.66. The summed E-state index contributed by atoms with van der Waals surface area (Å²) in [6, 6.07) is 24.3. The molecule has 0 bridgehead atoms. The van der Waals surface area contributed by atoms with Gasteiger partial charge >= 0.3 is 5.97 Å². The minimum absolute atomic E-state index is 0.194. The highest BCUT2D eigenvalue weighted by molar-refractivity contribution is 6.35. The van der Waals surface area contributed by atoms with Crippen molar-refractivity contribution < 1.29 is 14.3 Å². The van der Waals surface area contributed by atoms with Crippen molar-refractivity contribution in [3.8, 4) is 0 Å². The highest BCUT2D eigenvalue weighted by Gasteiger charge is 2.25. The number of esters is 1. The van der Waals surface area contributed by atoms with Crippen molar-refractivity contribution in [1.29, 1.82) is 0 Å². The summed E-state index contributed by atoms with van der Waals surface area (Å²) >= 11 is 0. The number of nitrogens with one attached hydrogen (secondary N) is 1. The Morgan fingerprint density at radius 2 is 1.77 bits per heavy atom. The maximum atomic E-state index is 12.7. The molecule has 4 aromatic rings. The van der Waals surface area contributed by atoms with Gasteiger partial charge in [-0.15, -0.1) is 0 Å². The molecule has 1 aliphatic rings. The Hall–Kier alpha value is -4.25. The third-order valence-electron chi connectivity index (χ3n) is 5.23. The number of fused-ring (bicyclic) bond motifs is 2. The van der Waals surface area contributed by atoms with E-state index in [1.807, 2.05) is 66.7 Å². The molecule has 0 spiro atoms. The number of ether oxygens (including phenoxy) is 1. The third kappa shape index (κ3) is 3.69. The van der Waals surface area contributed by atoms with Crippen LogP contribution in [-0.2, 0) is 16.1 Å². The van der Waals surface area contributed by atoms with Crippen molar-refractivity contribution in [2.24, 2.45) is 0 Å². The van der Waals surface area contributed by atoms with Crippen molar-refractivity contribution >= 4 is 40.1 Å². The van der Waals surface area contributed by atoms with Crippen LogP contribution in [0.25, 0.3) is 22.6 Å². The van der Waals surface area contributed by atoms with Gasteiger partial charge in [-0.25, -0.2) is 4.79 Å². The lowest BCUT2D eigenvalue weighted by Crippen LogP contribution is -2.05. The zero-order valence-electron chi connectivity index (χ0n) is 16.5. The number of anilines is 1. The van der Waals surface area contributed by atoms with Gasteiger partial charge in [-0.1, -0.05) is 48.5 Å². The zero-order valence-corrected chi connectivity index (χ0v) is 16.5. The largest absolute Gasteiger partial charge is 0.457 e.